The molecule has 0 saturated carbocycles. The molecule has 0 radical (unpaired) electrons. The summed E-state index contributed by atoms with van der Waals surface area (Å²) in [6.45, 7) is 0. The van der Waals surface area contributed by atoms with E-state index in [0.29, 0.717) is 0 Å². The van der Waals surface area contributed by atoms with E-state index in [4.69, 9.17) is 10.8 Å². The van der Waals surface area contributed by atoms with Gasteiger partial charge in [-0.05, 0) is 19.3 Å². The Hall–Kier alpha value is -0.340. The van der Waals surface area contributed by atoms with Crippen molar-refractivity contribution in [3.63, 3.8) is 0 Å². The number of hydrogen-bond donors (Lipinski definition) is 2. The van der Waals surface area contributed by atoms with Crippen molar-refractivity contribution >= 4 is 0 Å². The van der Waals surface area contributed by atoms with Crippen molar-refractivity contribution in [2.24, 2.45) is 5.73 Å². The van der Waals surface area contributed by atoms with E-state index in [1.54, 1.807) is 6.08 Å². The Morgan fingerprint density at radius 2 is 2.11 bits per heavy atom. The first-order valence-electron chi connectivity index (χ1n) is 3.41. The Kier molecular flexibility index (Phi) is 2.25. The first kappa shape index (κ1) is 6.78. The van der Waals surface area contributed by atoms with Gasteiger partial charge in [-0.2, -0.15) is 0 Å². The summed E-state index contributed by atoms with van der Waals surface area (Å²) in [6.07, 6.45) is 6.33. The summed E-state index contributed by atoms with van der Waals surface area (Å²) in [5.41, 5.74) is 5.60. The predicted octanol–water partition coefficient (Wildman–Crippen LogP) is 0.415. The topological polar surface area (TPSA) is 46.2 Å². The number of aliphatic hydroxyl groups excluding tert-OH is 1. The zero-order chi connectivity index (χ0) is 6.69. The third kappa shape index (κ3) is 2.16. The summed E-state index contributed by atoms with van der Waals surface area (Å²) in [4.78, 5) is 0. The van der Waals surface area contributed by atoms with E-state index in [0.717, 1.165) is 19.3 Å². The second kappa shape index (κ2) is 2.99. The Balaban J connectivity index is 2.43. The number of aliphatic hydroxyl groups is 1. The van der Waals surface area contributed by atoms with Gasteiger partial charge in [0.25, 0.3) is 0 Å². The number of rotatable bonds is 0. The molecule has 2 heteroatoms. The molecule has 0 aromatic carbocycles. The van der Waals surface area contributed by atoms with Gasteiger partial charge in [-0.1, -0.05) is 12.2 Å². The first-order valence-corrected chi connectivity index (χ1v) is 3.41. The van der Waals surface area contributed by atoms with Crippen LogP contribution in [0.15, 0.2) is 12.2 Å². The molecule has 0 fully saturated rings. The largest absolute Gasteiger partial charge is 0.389 e. The maximum Gasteiger partial charge on any atom is 0.0721 e. The van der Waals surface area contributed by atoms with E-state index < -0.39 is 0 Å². The van der Waals surface area contributed by atoms with Crippen molar-refractivity contribution in [3.05, 3.63) is 12.2 Å². The van der Waals surface area contributed by atoms with E-state index in [9.17, 15) is 0 Å². The molecular formula is C7H13NO. The first-order chi connectivity index (χ1) is 4.29. The van der Waals surface area contributed by atoms with Gasteiger partial charge in [0.05, 0.1) is 6.10 Å². The van der Waals surface area contributed by atoms with Gasteiger partial charge >= 0.3 is 0 Å². The lowest BCUT2D eigenvalue weighted by Gasteiger charge is -2.00. The highest BCUT2D eigenvalue weighted by molar-refractivity contribution is 4.98. The standard InChI is InChI=1S/C7H13NO/c8-6-2-1-3-7(9)5-4-6/h4-7,9H,1-3,8H2/t6-,7+/m0/s1. The zero-order valence-electron chi connectivity index (χ0n) is 5.46. The fourth-order valence-electron chi connectivity index (χ4n) is 1.03. The van der Waals surface area contributed by atoms with Gasteiger partial charge < -0.3 is 10.8 Å². The van der Waals surface area contributed by atoms with Crippen molar-refractivity contribution in [2.75, 3.05) is 0 Å². The second-order valence-corrected chi connectivity index (χ2v) is 2.55. The lowest BCUT2D eigenvalue weighted by atomic mass is 10.1. The number of hydrogen-bond acceptors (Lipinski definition) is 2. The van der Waals surface area contributed by atoms with Crippen LogP contribution in [-0.4, -0.2) is 17.3 Å². The van der Waals surface area contributed by atoms with Crippen molar-refractivity contribution < 1.29 is 5.11 Å². The quantitative estimate of drug-likeness (QED) is 0.463. The minimum absolute atomic E-state index is 0.169. The van der Waals surface area contributed by atoms with Gasteiger partial charge in [-0.25, -0.2) is 0 Å². The molecule has 2 nitrogen and oxygen atoms in total. The van der Waals surface area contributed by atoms with Crippen molar-refractivity contribution in [1.82, 2.24) is 0 Å². The fraction of sp³-hybridized carbons (Fsp3) is 0.714. The average molecular weight is 127 g/mol. The van der Waals surface area contributed by atoms with Crippen LogP contribution in [0, 0.1) is 0 Å². The molecule has 0 heterocycles. The summed E-state index contributed by atoms with van der Waals surface area (Å²) in [5, 5.41) is 9.06. The minimum atomic E-state index is -0.251. The van der Waals surface area contributed by atoms with Crippen LogP contribution < -0.4 is 5.73 Å². The smallest absolute Gasteiger partial charge is 0.0721 e. The van der Waals surface area contributed by atoms with Gasteiger partial charge in [-0.3, -0.25) is 0 Å². The van der Waals surface area contributed by atoms with Crippen molar-refractivity contribution in [3.8, 4) is 0 Å². The van der Waals surface area contributed by atoms with Gasteiger partial charge in [0, 0.05) is 6.04 Å². The monoisotopic (exact) mass is 127 g/mol. The number of nitrogens with two attached hydrogens (primary N) is 1. The van der Waals surface area contributed by atoms with E-state index >= 15 is 0 Å². The van der Waals surface area contributed by atoms with Crippen LogP contribution >= 0.6 is 0 Å². The lowest BCUT2D eigenvalue weighted by Crippen LogP contribution is -2.14. The molecule has 0 aliphatic heterocycles. The molecule has 9 heavy (non-hydrogen) atoms. The van der Waals surface area contributed by atoms with Crippen LogP contribution in [-0.2, 0) is 0 Å². The molecular weight excluding hydrogens is 114 g/mol. The third-order valence-corrected chi connectivity index (χ3v) is 1.62. The van der Waals surface area contributed by atoms with E-state index in [1.165, 1.54) is 0 Å². The van der Waals surface area contributed by atoms with E-state index in [-0.39, 0.29) is 12.1 Å². The summed E-state index contributed by atoms with van der Waals surface area (Å²) >= 11 is 0. The average Bonchev–Trinajstić information content (AvgIpc) is 1.97. The molecule has 0 aromatic heterocycles. The summed E-state index contributed by atoms with van der Waals surface area (Å²) in [6, 6.07) is 0.169. The SMILES string of the molecule is N[C@@H]1C=C[C@H](O)CCC1. The van der Waals surface area contributed by atoms with Gasteiger partial charge in [0.2, 0.25) is 0 Å². The van der Waals surface area contributed by atoms with Crippen LogP contribution in [0.4, 0.5) is 0 Å². The highest BCUT2D eigenvalue weighted by Crippen LogP contribution is 2.09. The molecule has 1 aliphatic carbocycles. The van der Waals surface area contributed by atoms with Crippen LogP contribution in [0.1, 0.15) is 19.3 Å². The van der Waals surface area contributed by atoms with Gasteiger partial charge in [0.1, 0.15) is 0 Å². The molecule has 0 aromatic rings. The highest BCUT2D eigenvalue weighted by Gasteiger charge is 2.06. The van der Waals surface area contributed by atoms with Crippen LogP contribution in [0.25, 0.3) is 0 Å². The van der Waals surface area contributed by atoms with E-state index in [2.05, 4.69) is 0 Å². The predicted molar refractivity (Wildman–Crippen MR) is 37.0 cm³/mol. The Labute approximate surface area is 55.4 Å². The van der Waals surface area contributed by atoms with Crippen molar-refractivity contribution in [2.45, 2.75) is 31.4 Å². The maximum atomic E-state index is 9.06. The van der Waals surface area contributed by atoms with Crippen molar-refractivity contribution in [1.29, 1.82) is 0 Å². The molecule has 0 unspecified atom stereocenters. The van der Waals surface area contributed by atoms with Gasteiger partial charge in [-0.15, -0.1) is 0 Å². The normalized spacial score (nSPS) is 36.2. The van der Waals surface area contributed by atoms with Crippen LogP contribution in [0.3, 0.4) is 0 Å². The fourth-order valence-corrected chi connectivity index (χ4v) is 1.03. The Morgan fingerprint density at radius 3 is 2.89 bits per heavy atom. The molecule has 1 aliphatic rings. The highest BCUT2D eigenvalue weighted by atomic mass is 16.3. The molecule has 0 bridgehead atoms. The third-order valence-electron chi connectivity index (χ3n) is 1.62. The second-order valence-electron chi connectivity index (χ2n) is 2.55. The van der Waals surface area contributed by atoms with Gasteiger partial charge in [0.15, 0.2) is 0 Å². The summed E-state index contributed by atoms with van der Waals surface area (Å²) in [5.74, 6) is 0. The maximum absolute atomic E-state index is 9.06. The summed E-state index contributed by atoms with van der Waals surface area (Å²) in [7, 11) is 0. The molecule has 2 atom stereocenters. The molecule has 1 rings (SSSR count). The molecule has 0 spiro atoms. The van der Waals surface area contributed by atoms with Crippen LogP contribution in [0.5, 0.6) is 0 Å². The zero-order valence-corrected chi connectivity index (χ0v) is 5.46. The Morgan fingerprint density at radius 1 is 1.33 bits per heavy atom. The lowest BCUT2D eigenvalue weighted by molar-refractivity contribution is 0.211. The Bertz CT molecular complexity index is 99.5. The molecule has 52 valence electrons. The van der Waals surface area contributed by atoms with E-state index in [1.807, 2.05) is 6.08 Å². The summed E-state index contributed by atoms with van der Waals surface area (Å²) < 4.78 is 0. The molecule has 0 saturated heterocycles. The molecule has 0 amide bonds. The van der Waals surface area contributed by atoms with Crippen LogP contribution in [0.2, 0.25) is 0 Å². The minimum Gasteiger partial charge on any atom is -0.389 e. The molecule has 3 N–H and O–H groups in total.